The van der Waals surface area contributed by atoms with Crippen molar-refractivity contribution in [3.05, 3.63) is 60.2 Å². The molecule has 0 unspecified atom stereocenters. The monoisotopic (exact) mass is 392 g/mol. The Morgan fingerprint density at radius 2 is 1.72 bits per heavy atom. The molecule has 3 heterocycles. The van der Waals surface area contributed by atoms with Crippen LogP contribution < -0.4 is 9.64 Å². The van der Waals surface area contributed by atoms with E-state index in [2.05, 4.69) is 20.1 Å². The number of benzene rings is 1. The third-order valence-corrected chi connectivity index (χ3v) is 5.11. The fourth-order valence-electron chi connectivity index (χ4n) is 3.37. The molecule has 0 N–H and O–H groups in total. The van der Waals surface area contributed by atoms with Crippen molar-refractivity contribution < 1.29 is 9.53 Å². The first-order valence-corrected chi connectivity index (χ1v) is 9.67. The molecule has 1 aliphatic heterocycles. The highest BCUT2D eigenvalue weighted by molar-refractivity contribution is 5.78. The number of anilines is 1. The Kier molecular flexibility index (Phi) is 5.41. The highest BCUT2D eigenvalue weighted by atomic mass is 16.5. The van der Waals surface area contributed by atoms with Gasteiger partial charge in [-0.15, -0.1) is 10.2 Å². The number of imidazole rings is 1. The van der Waals surface area contributed by atoms with Crippen molar-refractivity contribution in [1.29, 1.82) is 0 Å². The van der Waals surface area contributed by atoms with E-state index in [1.807, 2.05) is 65.9 Å². The molecule has 1 amide bonds. The van der Waals surface area contributed by atoms with Gasteiger partial charge in [0.05, 0.1) is 0 Å². The summed E-state index contributed by atoms with van der Waals surface area (Å²) in [5.74, 6) is 3.18. The quantitative estimate of drug-likeness (QED) is 0.661. The minimum absolute atomic E-state index is 0.00455. The summed E-state index contributed by atoms with van der Waals surface area (Å²) in [4.78, 5) is 20.7. The molecule has 0 spiro atoms. The number of aromatic nitrogens is 4. The lowest BCUT2D eigenvalue weighted by Crippen LogP contribution is -2.50. The second-order valence-electron chi connectivity index (χ2n) is 7.02. The van der Waals surface area contributed by atoms with Crippen molar-refractivity contribution in [2.24, 2.45) is 0 Å². The molecule has 1 aliphatic rings. The van der Waals surface area contributed by atoms with Crippen LogP contribution >= 0.6 is 0 Å². The summed E-state index contributed by atoms with van der Waals surface area (Å²) in [7, 11) is 0. The lowest BCUT2D eigenvalue weighted by Gasteiger charge is -2.35. The number of aryl methyl sites for hydroxylation is 2. The third kappa shape index (κ3) is 4.21. The molecule has 0 bridgehead atoms. The lowest BCUT2D eigenvalue weighted by atomic mass is 10.2. The predicted molar refractivity (Wildman–Crippen MR) is 109 cm³/mol. The molecule has 4 rings (SSSR count). The Labute approximate surface area is 169 Å². The van der Waals surface area contributed by atoms with Crippen LogP contribution in [0.25, 0.3) is 5.82 Å². The van der Waals surface area contributed by atoms with Gasteiger partial charge in [0.25, 0.3) is 5.91 Å². The Bertz CT molecular complexity index is 977. The Hall–Kier alpha value is -3.42. The number of amides is 1. The van der Waals surface area contributed by atoms with E-state index in [0.29, 0.717) is 26.2 Å². The highest BCUT2D eigenvalue weighted by Gasteiger charge is 2.22. The van der Waals surface area contributed by atoms with Crippen molar-refractivity contribution in [1.82, 2.24) is 24.6 Å². The highest BCUT2D eigenvalue weighted by Crippen LogP contribution is 2.17. The number of ether oxygens (including phenoxy) is 1. The third-order valence-electron chi connectivity index (χ3n) is 5.11. The number of nitrogens with zero attached hydrogens (tertiary/aromatic N) is 6. The summed E-state index contributed by atoms with van der Waals surface area (Å²) in [6.45, 7) is 6.67. The van der Waals surface area contributed by atoms with Gasteiger partial charge >= 0.3 is 0 Å². The van der Waals surface area contributed by atoms with E-state index >= 15 is 0 Å². The van der Waals surface area contributed by atoms with Crippen molar-refractivity contribution in [3.8, 4) is 11.6 Å². The fourth-order valence-corrected chi connectivity index (χ4v) is 3.37. The molecule has 3 aromatic rings. The second-order valence-corrected chi connectivity index (χ2v) is 7.02. The Morgan fingerprint density at radius 1 is 1.00 bits per heavy atom. The summed E-state index contributed by atoms with van der Waals surface area (Å²) in [5.41, 5.74) is 1.03. The van der Waals surface area contributed by atoms with Gasteiger partial charge < -0.3 is 14.5 Å². The number of piperazine rings is 1. The average molecular weight is 392 g/mol. The van der Waals surface area contributed by atoms with Crippen LogP contribution in [0.4, 0.5) is 5.82 Å². The molecule has 0 atom stereocenters. The average Bonchev–Trinajstić information content (AvgIpc) is 3.19. The number of para-hydroxylation sites is 1. The van der Waals surface area contributed by atoms with Crippen LogP contribution in [-0.4, -0.2) is 63.3 Å². The zero-order chi connectivity index (χ0) is 20.2. The van der Waals surface area contributed by atoms with Crippen LogP contribution in [0.5, 0.6) is 5.75 Å². The van der Waals surface area contributed by atoms with Crippen molar-refractivity contribution in [2.75, 3.05) is 37.7 Å². The van der Waals surface area contributed by atoms with Crippen LogP contribution in [-0.2, 0) is 4.79 Å². The molecular formula is C21H24N6O2. The topological polar surface area (TPSA) is 76.4 Å². The summed E-state index contributed by atoms with van der Waals surface area (Å²) < 4.78 is 7.58. The SMILES string of the molecule is Cc1ccccc1OCC(=O)N1CCN(c2ccc(-n3ccnc3C)nn2)CC1. The van der Waals surface area contributed by atoms with Gasteiger partial charge in [0.2, 0.25) is 0 Å². The van der Waals surface area contributed by atoms with Crippen LogP contribution in [0.15, 0.2) is 48.8 Å². The summed E-state index contributed by atoms with van der Waals surface area (Å²) in [6, 6.07) is 11.6. The molecule has 1 fully saturated rings. The molecule has 0 saturated carbocycles. The minimum atomic E-state index is 0.00455. The Morgan fingerprint density at radius 3 is 2.38 bits per heavy atom. The molecule has 2 aromatic heterocycles. The first kappa shape index (κ1) is 18.9. The predicted octanol–water partition coefficient (Wildman–Crippen LogP) is 2.01. The molecule has 0 aliphatic carbocycles. The fraction of sp³-hybridized carbons (Fsp3) is 0.333. The Balaban J connectivity index is 1.30. The first-order chi connectivity index (χ1) is 14.1. The van der Waals surface area contributed by atoms with Gasteiger partial charge in [0.1, 0.15) is 11.6 Å². The number of rotatable bonds is 5. The molecule has 29 heavy (non-hydrogen) atoms. The van der Waals surface area contributed by atoms with E-state index < -0.39 is 0 Å². The number of carbonyl (C=O) groups is 1. The molecule has 0 radical (unpaired) electrons. The summed E-state index contributed by atoms with van der Waals surface area (Å²) in [6.07, 6.45) is 3.60. The molecule has 150 valence electrons. The van der Waals surface area contributed by atoms with Gasteiger partial charge in [0.15, 0.2) is 18.2 Å². The van der Waals surface area contributed by atoms with Crippen LogP contribution in [0.1, 0.15) is 11.4 Å². The maximum Gasteiger partial charge on any atom is 0.260 e. The second kappa shape index (κ2) is 8.30. The standard InChI is InChI=1S/C21H24N6O2/c1-16-5-3-4-6-18(16)29-15-21(28)26-13-11-25(12-14-26)19-7-8-20(24-23-19)27-10-9-22-17(27)2/h3-10H,11-15H2,1-2H3. The van der Waals surface area contributed by atoms with E-state index in [0.717, 1.165) is 28.8 Å². The van der Waals surface area contributed by atoms with E-state index in [1.165, 1.54) is 0 Å². The normalized spacial score (nSPS) is 14.1. The zero-order valence-corrected chi connectivity index (χ0v) is 16.7. The van der Waals surface area contributed by atoms with Gasteiger partial charge in [-0.25, -0.2) is 4.98 Å². The van der Waals surface area contributed by atoms with E-state index in [4.69, 9.17) is 4.74 Å². The number of hydrogen-bond donors (Lipinski definition) is 0. The molecule has 1 saturated heterocycles. The molecular weight excluding hydrogens is 368 g/mol. The van der Waals surface area contributed by atoms with Gasteiger partial charge in [-0.2, -0.15) is 0 Å². The molecule has 8 heteroatoms. The van der Waals surface area contributed by atoms with Crippen molar-refractivity contribution >= 4 is 11.7 Å². The maximum absolute atomic E-state index is 12.5. The first-order valence-electron chi connectivity index (χ1n) is 9.67. The zero-order valence-electron chi connectivity index (χ0n) is 16.7. The number of hydrogen-bond acceptors (Lipinski definition) is 6. The molecule has 1 aromatic carbocycles. The summed E-state index contributed by atoms with van der Waals surface area (Å²) in [5, 5.41) is 8.67. The van der Waals surface area contributed by atoms with Crippen LogP contribution in [0.3, 0.4) is 0 Å². The largest absolute Gasteiger partial charge is 0.484 e. The van der Waals surface area contributed by atoms with E-state index in [1.54, 1.807) is 6.20 Å². The lowest BCUT2D eigenvalue weighted by molar-refractivity contribution is -0.133. The summed E-state index contributed by atoms with van der Waals surface area (Å²) >= 11 is 0. The van der Waals surface area contributed by atoms with Crippen LogP contribution in [0, 0.1) is 13.8 Å². The van der Waals surface area contributed by atoms with Gasteiger partial charge in [0, 0.05) is 38.6 Å². The maximum atomic E-state index is 12.5. The van der Waals surface area contributed by atoms with Gasteiger partial charge in [-0.1, -0.05) is 18.2 Å². The van der Waals surface area contributed by atoms with Crippen LogP contribution in [0.2, 0.25) is 0 Å². The van der Waals surface area contributed by atoms with Gasteiger partial charge in [-0.05, 0) is 37.6 Å². The number of carbonyl (C=O) groups excluding carboxylic acids is 1. The van der Waals surface area contributed by atoms with Gasteiger partial charge in [-0.3, -0.25) is 9.36 Å². The smallest absolute Gasteiger partial charge is 0.260 e. The van der Waals surface area contributed by atoms with Crippen molar-refractivity contribution in [3.63, 3.8) is 0 Å². The van der Waals surface area contributed by atoms with Crippen molar-refractivity contribution in [2.45, 2.75) is 13.8 Å². The molecule has 8 nitrogen and oxygen atoms in total. The van der Waals surface area contributed by atoms with E-state index in [-0.39, 0.29) is 12.5 Å². The van der Waals surface area contributed by atoms with E-state index in [9.17, 15) is 4.79 Å². The minimum Gasteiger partial charge on any atom is -0.484 e.